The average Bonchev–Trinajstić information content (AvgIpc) is 2.63. The molecule has 1 fully saturated rings. The van der Waals surface area contributed by atoms with Crippen LogP contribution in [0.5, 0.6) is 0 Å². The lowest BCUT2D eigenvalue weighted by Gasteiger charge is -2.37. The molecule has 1 aromatic carbocycles. The van der Waals surface area contributed by atoms with Crippen LogP contribution in [-0.2, 0) is 9.53 Å². The van der Waals surface area contributed by atoms with Gasteiger partial charge in [0.2, 0.25) is 5.91 Å². The van der Waals surface area contributed by atoms with Crippen LogP contribution in [0.15, 0.2) is 18.2 Å². The summed E-state index contributed by atoms with van der Waals surface area (Å²) in [6, 6.07) is 2.05. The predicted octanol–water partition coefficient (Wildman–Crippen LogP) is 2.80. The lowest BCUT2D eigenvalue weighted by Crippen LogP contribution is -2.57. The minimum absolute atomic E-state index is 0.169. The van der Waals surface area contributed by atoms with Gasteiger partial charge in [0.25, 0.3) is 5.91 Å². The molecule has 1 atom stereocenters. The van der Waals surface area contributed by atoms with Crippen LogP contribution >= 0.6 is 0 Å². The van der Waals surface area contributed by atoms with Gasteiger partial charge in [-0.25, -0.2) is 13.6 Å². The molecule has 0 aliphatic carbocycles. The lowest BCUT2D eigenvalue weighted by molar-refractivity contribution is -0.136. The van der Waals surface area contributed by atoms with Crippen LogP contribution in [0.4, 0.5) is 13.6 Å². The molecule has 7 nitrogen and oxygen atoms in total. The van der Waals surface area contributed by atoms with Crippen LogP contribution in [-0.4, -0.2) is 65.5 Å². The summed E-state index contributed by atoms with van der Waals surface area (Å²) in [5.41, 5.74) is -0.890. The van der Waals surface area contributed by atoms with Crippen molar-refractivity contribution in [3.8, 4) is 0 Å². The Bertz CT molecular complexity index is 800. The molecule has 166 valence electrons. The summed E-state index contributed by atoms with van der Waals surface area (Å²) in [4.78, 5) is 40.5. The zero-order chi connectivity index (χ0) is 22.6. The minimum Gasteiger partial charge on any atom is -0.444 e. The van der Waals surface area contributed by atoms with E-state index >= 15 is 0 Å². The van der Waals surface area contributed by atoms with Gasteiger partial charge in [-0.2, -0.15) is 0 Å². The summed E-state index contributed by atoms with van der Waals surface area (Å²) in [6.45, 7) is 9.74. The Morgan fingerprint density at radius 3 is 2.10 bits per heavy atom. The molecule has 0 spiro atoms. The van der Waals surface area contributed by atoms with E-state index in [1.807, 2.05) is 13.8 Å². The highest BCUT2D eigenvalue weighted by Gasteiger charge is 2.33. The first-order chi connectivity index (χ1) is 13.9. The van der Waals surface area contributed by atoms with Gasteiger partial charge < -0.3 is 19.9 Å². The number of halogens is 2. The Labute approximate surface area is 175 Å². The third-order valence-electron chi connectivity index (χ3n) is 4.65. The number of rotatable bonds is 4. The number of nitrogens with zero attached hydrogens (tertiary/aromatic N) is 2. The molecule has 0 radical (unpaired) electrons. The van der Waals surface area contributed by atoms with Gasteiger partial charge in [0.1, 0.15) is 23.3 Å². The number of carbonyl (C=O) groups excluding carboxylic acids is 3. The maximum absolute atomic E-state index is 13.9. The van der Waals surface area contributed by atoms with Crippen LogP contribution in [0.25, 0.3) is 0 Å². The van der Waals surface area contributed by atoms with Gasteiger partial charge in [0, 0.05) is 32.2 Å². The molecule has 1 N–H and O–H groups in total. The van der Waals surface area contributed by atoms with Crippen LogP contribution < -0.4 is 5.32 Å². The minimum atomic E-state index is -0.917. The second-order valence-corrected chi connectivity index (χ2v) is 8.61. The molecule has 1 aromatic rings. The fourth-order valence-electron chi connectivity index (χ4n) is 3.11. The zero-order valence-corrected chi connectivity index (χ0v) is 18.0. The molecule has 1 saturated heterocycles. The van der Waals surface area contributed by atoms with Crippen LogP contribution in [0.1, 0.15) is 45.0 Å². The molecule has 0 unspecified atom stereocenters. The molecular formula is C21H29F2N3O4. The number of nitrogens with one attached hydrogen (secondary N) is 1. The number of carbonyl (C=O) groups is 3. The van der Waals surface area contributed by atoms with Crippen molar-refractivity contribution in [2.24, 2.45) is 5.92 Å². The zero-order valence-electron chi connectivity index (χ0n) is 18.0. The van der Waals surface area contributed by atoms with Gasteiger partial charge in [0.05, 0.1) is 5.56 Å². The molecule has 2 rings (SSSR count). The number of hydrogen-bond donors (Lipinski definition) is 1. The number of hydrogen-bond acceptors (Lipinski definition) is 4. The maximum atomic E-state index is 13.9. The molecule has 9 heteroatoms. The molecule has 0 bridgehead atoms. The Balaban J connectivity index is 1.99. The van der Waals surface area contributed by atoms with E-state index in [9.17, 15) is 23.2 Å². The smallest absolute Gasteiger partial charge is 0.408 e. The van der Waals surface area contributed by atoms with Crippen molar-refractivity contribution in [3.63, 3.8) is 0 Å². The first-order valence-electron chi connectivity index (χ1n) is 9.91. The van der Waals surface area contributed by atoms with E-state index < -0.39 is 35.3 Å². The van der Waals surface area contributed by atoms with Gasteiger partial charge in [-0.3, -0.25) is 9.59 Å². The first kappa shape index (κ1) is 23.6. The van der Waals surface area contributed by atoms with E-state index in [1.54, 1.807) is 25.7 Å². The standard InChI is InChI=1S/C21H29F2N3O4/c1-13(2)17(24-20(29)30-21(3,4)5)19(28)26-10-8-25(9-11-26)18(27)15-7-6-14(22)12-16(15)23/h6-7,12-13,17H,8-11H2,1-5H3,(H,24,29)/t17-/m0/s1. The molecule has 0 saturated carbocycles. The molecule has 3 amide bonds. The van der Waals surface area contributed by atoms with Gasteiger partial charge in [0.15, 0.2) is 0 Å². The maximum Gasteiger partial charge on any atom is 0.408 e. The summed E-state index contributed by atoms with van der Waals surface area (Å²) in [5, 5.41) is 2.62. The third-order valence-corrected chi connectivity index (χ3v) is 4.65. The van der Waals surface area contributed by atoms with Crippen molar-refractivity contribution >= 4 is 17.9 Å². The van der Waals surface area contributed by atoms with Crippen LogP contribution in [0, 0.1) is 17.6 Å². The van der Waals surface area contributed by atoms with Crippen molar-refractivity contribution in [2.75, 3.05) is 26.2 Å². The fourth-order valence-corrected chi connectivity index (χ4v) is 3.11. The Morgan fingerprint density at radius 1 is 1.03 bits per heavy atom. The van der Waals surface area contributed by atoms with Crippen molar-refractivity contribution in [3.05, 3.63) is 35.4 Å². The molecule has 0 aromatic heterocycles. The van der Waals surface area contributed by atoms with E-state index in [0.717, 1.165) is 12.1 Å². The van der Waals surface area contributed by atoms with E-state index in [0.29, 0.717) is 6.07 Å². The van der Waals surface area contributed by atoms with Crippen LogP contribution in [0.3, 0.4) is 0 Å². The summed E-state index contributed by atoms with van der Waals surface area (Å²) < 4.78 is 32.2. The first-order valence-corrected chi connectivity index (χ1v) is 9.91. The second kappa shape index (κ2) is 9.40. The van der Waals surface area contributed by atoms with Crippen molar-refractivity contribution < 1.29 is 27.9 Å². The van der Waals surface area contributed by atoms with Crippen molar-refractivity contribution in [1.82, 2.24) is 15.1 Å². The molecule has 1 aliphatic rings. The third kappa shape index (κ3) is 6.14. The molecule has 1 heterocycles. The number of piperazine rings is 1. The summed E-state index contributed by atoms with van der Waals surface area (Å²) in [6.07, 6.45) is -0.671. The molecule has 30 heavy (non-hydrogen) atoms. The summed E-state index contributed by atoms with van der Waals surface area (Å²) in [5.74, 6) is -2.66. The van der Waals surface area contributed by atoms with Gasteiger partial charge >= 0.3 is 6.09 Å². The number of amides is 3. The van der Waals surface area contributed by atoms with E-state index in [-0.39, 0.29) is 43.6 Å². The number of ether oxygens (including phenoxy) is 1. The van der Waals surface area contributed by atoms with Gasteiger partial charge in [-0.15, -0.1) is 0 Å². The monoisotopic (exact) mass is 425 g/mol. The van der Waals surface area contributed by atoms with Gasteiger partial charge in [-0.05, 0) is 38.8 Å². The number of benzene rings is 1. The Hall–Kier alpha value is -2.71. The van der Waals surface area contributed by atoms with Crippen molar-refractivity contribution in [2.45, 2.75) is 46.3 Å². The largest absolute Gasteiger partial charge is 0.444 e. The highest BCUT2D eigenvalue weighted by molar-refractivity contribution is 5.94. The Morgan fingerprint density at radius 2 is 1.60 bits per heavy atom. The van der Waals surface area contributed by atoms with Gasteiger partial charge in [-0.1, -0.05) is 13.8 Å². The summed E-state index contributed by atoms with van der Waals surface area (Å²) in [7, 11) is 0. The lowest BCUT2D eigenvalue weighted by atomic mass is 10.0. The Kier molecular flexibility index (Phi) is 7.39. The highest BCUT2D eigenvalue weighted by Crippen LogP contribution is 2.16. The topological polar surface area (TPSA) is 79.0 Å². The fraction of sp³-hybridized carbons (Fsp3) is 0.571. The SMILES string of the molecule is CC(C)[C@H](NC(=O)OC(C)(C)C)C(=O)N1CCN(C(=O)c2ccc(F)cc2F)CC1. The van der Waals surface area contributed by atoms with E-state index in [4.69, 9.17) is 4.74 Å². The predicted molar refractivity (Wildman–Crippen MR) is 107 cm³/mol. The average molecular weight is 425 g/mol. The normalized spacial score (nSPS) is 15.7. The van der Waals surface area contributed by atoms with E-state index in [1.165, 1.54) is 4.90 Å². The number of alkyl carbamates (subject to hydrolysis) is 1. The summed E-state index contributed by atoms with van der Waals surface area (Å²) >= 11 is 0. The molecular weight excluding hydrogens is 396 g/mol. The van der Waals surface area contributed by atoms with E-state index in [2.05, 4.69) is 5.32 Å². The highest BCUT2D eigenvalue weighted by atomic mass is 19.1. The van der Waals surface area contributed by atoms with Crippen LogP contribution in [0.2, 0.25) is 0 Å². The van der Waals surface area contributed by atoms with Crippen molar-refractivity contribution in [1.29, 1.82) is 0 Å². The second-order valence-electron chi connectivity index (χ2n) is 8.61. The molecule has 1 aliphatic heterocycles. The quantitative estimate of drug-likeness (QED) is 0.805.